The van der Waals surface area contributed by atoms with Crippen molar-refractivity contribution < 1.29 is 4.79 Å². The van der Waals surface area contributed by atoms with Gasteiger partial charge in [0.2, 0.25) is 0 Å². The molecule has 1 saturated carbocycles. The minimum atomic E-state index is -0.103. The van der Waals surface area contributed by atoms with Crippen LogP contribution in [0.3, 0.4) is 0 Å². The second-order valence-corrected chi connectivity index (χ2v) is 5.22. The van der Waals surface area contributed by atoms with Crippen LogP contribution in [0.25, 0.3) is 5.69 Å². The highest BCUT2D eigenvalue weighted by Gasteiger charge is 2.36. The highest BCUT2D eigenvalue weighted by atomic mass is 16.2. The summed E-state index contributed by atoms with van der Waals surface area (Å²) in [5, 5.41) is 7.31. The van der Waals surface area contributed by atoms with E-state index in [0.717, 1.165) is 18.5 Å². The van der Waals surface area contributed by atoms with Gasteiger partial charge in [-0.1, -0.05) is 19.4 Å². The Bertz CT molecular complexity index is 634. The van der Waals surface area contributed by atoms with Crippen molar-refractivity contribution in [1.82, 2.24) is 15.1 Å². The topological polar surface area (TPSA) is 72.9 Å². The highest BCUT2D eigenvalue weighted by molar-refractivity contribution is 5.92. The van der Waals surface area contributed by atoms with Crippen molar-refractivity contribution in [2.75, 3.05) is 5.73 Å². The molecule has 2 unspecified atom stereocenters. The molecular weight excluding hydrogens is 252 g/mol. The summed E-state index contributed by atoms with van der Waals surface area (Å²) in [6.45, 7) is 2.14. The van der Waals surface area contributed by atoms with Crippen molar-refractivity contribution in [3.8, 4) is 5.69 Å². The zero-order valence-corrected chi connectivity index (χ0v) is 11.4. The fourth-order valence-corrected chi connectivity index (χ4v) is 2.37. The molecule has 3 rings (SSSR count). The van der Waals surface area contributed by atoms with Crippen LogP contribution in [0.2, 0.25) is 0 Å². The number of rotatable bonds is 4. The molecular formula is C15H18N4O. The Morgan fingerprint density at radius 2 is 2.35 bits per heavy atom. The van der Waals surface area contributed by atoms with Gasteiger partial charge in [-0.15, -0.1) is 0 Å². The Morgan fingerprint density at radius 1 is 1.50 bits per heavy atom. The van der Waals surface area contributed by atoms with Crippen molar-refractivity contribution in [1.29, 1.82) is 0 Å². The van der Waals surface area contributed by atoms with Gasteiger partial charge in [-0.05, 0) is 36.6 Å². The monoisotopic (exact) mass is 270 g/mol. The Morgan fingerprint density at radius 3 is 3.05 bits per heavy atom. The molecule has 0 bridgehead atoms. The molecule has 0 aliphatic heterocycles. The molecule has 1 aliphatic carbocycles. The number of carbonyl (C=O) groups excluding carboxylic acids is 1. The lowest BCUT2D eigenvalue weighted by Gasteiger charge is -2.03. The van der Waals surface area contributed by atoms with Gasteiger partial charge < -0.3 is 11.1 Å². The molecule has 1 aromatic carbocycles. The van der Waals surface area contributed by atoms with E-state index in [-0.39, 0.29) is 5.91 Å². The fraction of sp³-hybridized carbons (Fsp3) is 0.333. The number of nitrogen functional groups attached to an aromatic ring is 1. The van der Waals surface area contributed by atoms with Crippen molar-refractivity contribution in [3.63, 3.8) is 0 Å². The van der Waals surface area contributed by atoms with Gasteiger partial charge in [0.05, 0.1) is 5.69 Å². The molecule has 104 valence electrons. The molecule has 1 amide bonds. The van der Waals surface area contributed by atoms with E-state index in [1.165, 1.54) is 0 Å². The smallest absolute Gasteiger partial charge is 0.272 e. The van der Waals surface area contributed by atoms with Crippen LogP contribution in [0.1, 0.15) is 30.3 Å². The van der Waals surface area contributed by atoms with Gasteiger partial charge in [0, 0.05) is 17.9 Å². The van der Waals surface area contributed by atoms with Crippen LogP contribution in [0.15, 0.2) is 36.5 Å². The standard InChI is InChI=1S/C15H18N4O/c1-2-10-8-14(10)17-15(20)13-6-7-19(18-13)12-5-3-4-11(16)9-12/h3-7,9-10,14H,2,8,16H2,1H3,(H,17,20). The predicted octanol–water partition coefficient (Wildman–Crippen LogP) is 1.98. The second kappa shape index (κ2) is 5.00. The Balaban J connectivity index is 1.72. The molecule has 5 nitrogen and oxygen atoms in total. The first-order valence-electron chi connectivity index (χ1n) is 6.90. The molecule has 1 heterocycles. The van der Waals surface area contributed by atoms with Crippen molar-refractivity contribution >= 4 is 11.6 Å². The lowest BCUT2D eigenvalue weighted by Crippen LogP contribution is -2.27. The number of anilines is 1. The van der Waals surface area contributed by atoms with E-state index in [9.17, 15) is 4.79 Å². The number of nitrogens with one attached hydrogen (secondary N) is 1. The lowest BCUT2D eigenvalue weighted by atomic mass is 10.3. The molecule has 20 heavy (non-hydrogen) atoms. The van der Waals surface area contributed by atoms with Gasteiger partial charge >= 0.3 is 0 Å². The molecule has 1 aliphatic rings. The van der Waals surface area contributed by atoms with E-state index >= 15 is 0 Å². The molecule has 2 aromatic rings. The van der Waals surface area contributed by atoms with E-state index in [2.05, 4.69) is 17.3 Å². The lowest BCUT2D eigenvalue weighted by molar-refractivity contribution is 0.0943. The third kappa shape index (κ3) is 2.52. The van der Waals surface area contributed by atoms with Crippen LogP contribution in [0, 0.1) is 5.92 Å². The number of nitrogens with two attached hydrogens (primary N) is 1. The molecule has 0 radical (unpaired) electrons. The average Bonchev–Trinajstić information content (AvgIpc) is 3.00. The van der Waals surface area contributed by atoms with E-state index in [4.69, 9.17) is 5.73 Å². The summed E-state index contributed by atoms with van der Waals surface area (Å²) in [7, 11) is 0. The van der Waals surface area contributed by atoms with Crippen LogP contribution in [-0.4, -0.2) is 21.7 Å². The normalized spacial score (nSPS) is 20.6. The molecule has 1 fully saturated rings. The molecule has 2 atom stereocenters. The summed E-state index contributed by atoms with van der Waals surface area (Å²) in [5.74, 6) is 0.531. The van der Waals surface area contributed by atoms with Crippen LogP contribution in [0.5, 0.6) is 0 Å². The summed E-state index contributed by atoms with van der Waals surface area (Å²) < 4.78 is 1.66. The van der Waals surface area contributed by atoms with E-state index in [1.807, 2.05) is 24.3 Å². The number of aromatic nitrogens is 2. The Labute approximate surface area is 117 Å². The van der Waals surface area contributed by atoms with Crippen LogP contribution < -0.4 is 11.1 Å². The van der Waals surface area contributed by atoms with Gasteiger partial charge in [0.15, 0.2) is 5.69 Å². The summed E-state index contributed by atoms with van der Waals surface area (Å²) in [6, 6.07) is 9.45. The fourth-order valence-electron chi connectivity index (χ4n) is 2.37. The minimum Gasteiger partial charge on any atom is -0.399 e. The summed E-state index contributed by atoms with van der Waals surface area (Å²) in [5.41, 5.74) is 7.71. The molecule has 0 spiro atoms. The number of hydrogen-bond donors (Lipinski definition) is 2. The number of benzene rings is 1. The third-order valence-electron chi connectivity index (χ3n) is 3.72. The molecule has 1 aromatic heterocycles. The van der Waals surface area contributed by atoms with Crippen molar-refractivity contribution in [2.24, 2.45) is 5.92 Å². The first-order valence-corrected chi connectivity index (χ1v) is 6.90. The Hall–Kier alpha value is -2.30. The van der Waals surface area contributed by atoms with E-state index in [1.54, 1.807) is 16.9 Å². The van der Waals surface area contributed by atoms with E-state index < -0.39 is 0 Å². The number of hydrogen-bond acceptors (Lipinski definition) is 3. The van der Waals surface area contributed by atoms with Crippen LogP contribution in [-0.2, 0) is 0 Å². The molecule has 0 saturated heterocycles. The third-order valence-corrected chi connectivity index (χ3v) is 3.72. The maximum absolute atomic E-state index is 12.1. The quantitative estimate of drug-likeness (QED) is 0.834. The summed E-state index contributed by atoms with van der Waals surface area (Å²) in [6.07, 6.45) is 3.97. The highest BCUT2D eigenvalue weighted by Crippen LogP contribution is 2.33. The maximum atomic E-state index is 12.1. The number of carbonyl (C=O) groups is 1. The molecule has 3 N–H and O–H groups in total. The minimum absolute atomic E-state index is 0.103. The first kappa shape index (κ1) is 12.7. The summed E-state index contributed by atoms with van der Waals surface area (Å²) >= 11 is 0. The van der Waals surface area contributed by atoms with Crippen LogP contribution in [0.4, 0.5) is 5.69 Å². The zero-order valence-electron chi connectivity index (χ0n) is 11.4. The van der Waals surface area contributed by atoms with Crippen LogP contribution >= 0.6 is 0 Å². The number of nitrogens with zero attached hydrogens (tertiary/aromatic N) is 2. The van der Waals surface area contributed by atoms with Gasteiger partial charge in [0.25, 0.3) is 5.91 Å². The van der Waals surface area contributed by atoms with E-state index in [0.29, 0.717) is 23.3 Å². The Kier molecular flexibility index (Phi) is 3.18. The molecule has 5 heteroatoms. The SMILES string of the molecule is CCC1CC1NC(=O)c1ccn(-c2cccc(N)c2)n1. The summed E-state index contributed by atoms with van der Waals surface area (Å²) in [4.78, 5) is 12.1. The zero-order chi connectivity index (χ0) is 14.1. The van der Waals surface area contributed by atoms with Gasteiger partial charge in [-0.3, -0.25) is 4.79 Å². The van der Waals surface area contributed by atoms with Crippen molar-refractivity contribution in [2.45, 2.75) is 25.8 Å². The van der Waals surface area contributed by atoms with Gasteiger partial charge in [0.1, 0.15) is 0 Å². The maximum Gasteiger partial charge on any atom is 0.272 e. The second-order valence-electron chi connectivity index (χ2n) is 5.22. The van der Waals surface area contributed by atoms with Gasteiger partial charge in [-0.2, -0.15) is 5.10 Å². The number of amides is 1. The van der Waals surface area contributed by atoms with Gasteiger partial charge in [-0.25, -0.2) is 4.68 Å². The average molecular weight is 270 g/mol. The van der Waals surface area contributed by atoms with Crippen molar-refractivity contribution in [3.05, 3.63) is 42.2 Å². The predicted molar refractivity (Wildman–Crippen MR) is 77.6 cm³/mol. The largest absolute Gasteiger partial charge is 0.399 e. The first-order chi connectivity index (χ1) is 9.67.